The van der Waals surface area contributed by atoms with Crippen LogP contribution in [0.1, 0.15) is 22.9 Å². The second-order valence-corrected chi connectivity index (χ2v) is 4.09. The van der Waals surface area contributed by atoms with E-state index in [0.29, 0.717) is 5.69 Å². The number of nitrogens with zero attached hydrogens (tertiary/aromatic N) is 2. The van der Waals surface area contributed by atoms with Gasteiger partial charge in [0, 0.05) is 13.2 Å². The van der Waals surface area contributed by atoms with Gasteiger partial charge in [-0.1, -0.05) is 6.07 Å². The van der Waals surface area contributed by atoms with E-state index >= 15 is 0 Å². The zero-order valence-electron chi connectivity index (χ0n) is 9.95. The summed E-state index contributed by atoms with van der Waals surface area (Å²) >= 11 is 0. The normalized spacial score (nSPS) is 13.6. The molecule has 1 aromatic carbocycles. The smallest absolute Gasteiger partial charge is 0.319 e. The molecule has 0 aliphatic rings. The van der Waals surface area contributed by atoms with Crippen molar-refractivity contribution in [3.63, 3.8) is 0 Å². The van der Waals surface area contributed by atoms with Gasteiger partial charge in [-0.15, -0.1) is 0 Å². The topological polar surface area (TPSA) is 43.8 Å². The van der Waals surface area contributed by atoms with Gasteiger partial charge in [0.2, 0.25) is 0 Å². The van der Waals surface area contributed by atoms with Gasteiger partial charge in [-0.3, -0.25) is 4.68 Å². The van der Waals surface area contributed by atoms with Crippen LogP contribution in [0.5, 0.6) is 0 Å². The van der Waals surface area contributed by atoms with Crippen molar-refractivity contribution in [2.75, 3.05) is 0 Å². The molecular weight excluding hydrogens is 262 g/mol. The molecule has 0 saturated carbocycles. The van der Waals surface area contributed by atoms with Crippen molar-refractivity contribution < 1.29 is 17.6 Å². The van der Waals surface area contributed by atoms with E-state index in [2.05, 4.69) is 5.10 Å². The molecule has 0 aliphatic heterocycles. The molecule has 0 aliphatic carbocycles. The number of hydrogen-bond acceptors (Lipinski definition) is 2. The molecule has 102 valence electrons. The summed E-state index contributed by atoms with van der Waals surface area (Å²) in [5.74, 6) is -1.31. The summed E-state index contributed by atoms with van der Waals surface area (Å²) in [5.41, 5.74) is 5.28. The van der Waals surface area contributed by atoms with Crippen LogP contribution in [-0.4, -0.2) is 9.78 Å². The van der Waals surface area contributed by atoms with Gasteiger partial charge >= 0.3 is 6.18 Å². The third-order valence-corrected chi connectivity index (χ3v) is 2.83. The summed E-state index contributed by atoms with van der Waals surface area (Å²) in [5, 5.41) is 3.89. The number of alkyl halides is 3. The number of benzene rings is 1. The van der Waals surface area contributed by atoms with Crippen LogP contribution in [0.3, 0.4) is 0 Å². The summed E-state index contributed by atoms with van der Waals surface area (Å²) in [6.07, 6.45) is -3.25. The minimum absolute atomic E-state index is 0.178. The fourth-order valence-electron chi connectivity index (χ4n) is 1.81. The highest BCUT2D eigenvalue weighted by Gasteiger charge is 2.34. The van der Waals surface area contributed by atoms with Gasteiger partial charge in [-0.2, -0.15) is 18.3 Å². The van der Waals surface area contributed by atoms with Crippen LogP contribution in [0, 0.1) is 5.82 Å². The van der Waals surface area contributed by atoms with Crippen LogP contribution in [0.25, 0.3) is 0 Å². The summed E-state index contributed by atoms with van der Waals surface area (Å²) in [7, 11) is 1.63. The molecule has 1 atom stereocenters. The molecular formula is C12H11F4N3. The molecule has 0 bridgehead atoms. The van der Waals surface area contributed by atoms with Crippen molar-refractivity contribution in [2.24, 2.45) is 12.8 Å². The summed E-state index contributed by atoms with van der Waals surface area (Å²) in [6.45, 7) is 0. The van der Waals surface area contributed by atoms with Gasteiger partial charge in [0.1, 0.15) is 5.82 Å². The van der Waals surface area contributed by atoms with Crippen molar-refractivity contribution in [3.05, 3.63) is 53.1 Å². The minimum Gasteiger partial charge on any atom is -0.319 e. The second-order valence-electron chi connectivity index (χ2n) is 4.09. The molecule has 0 saturated heterocycles. The van der Waals surface area contributed by atoms with Gasteiger partial charge in [0.15, 0.2) is 0 Å². The molecule has 1 aromatic heterocycles. The van der Waals surface area contributed by atoms with Gasteiger partial charge in [-0.25, -0.2) is 4.39 Å². The second kappa shape index (κ2) is 4.65. The molecule has 2 aromatic rings. The third kappa shape index (κ3) is 2.60. The monoisotopic (exact) mass is 273 g/mol. The highest BCUT2D eigenvalue weighted by molar-refractivity contribution is 5.33. The Hall–Kier alpha value is -1.89. The molecule has 0 spiro atoms. The van der Waals surface area contributed by atoms with E-state index in [-0.39, 0.29) is 5.56 Å². The van der Waals surface area contributed by atoms with Gasteiger partial charge in [0.05, 0.1) is 17.3 Å². The molecule has 7 heteroatoms. The average molecular weight is 273 g/mol. The lowest BCUT2D eigenvalue weighted by Gasteiger charge is -2.15. The Labute approximate surface area is 106 Å². The van der Waals surface area contributed by atoms with Gasteiger partial charge in [-0.05, 0) is 23.8 Å². The molecule has 1 heterocycles. The fraction of sp³-hybridized carbons (Fsp3) is 0.250. The van der Waals surface area contributed by atoms with E-state index in [1.54, 1.807) is 13.1 Å². The highest BCUT2D eigenvalue weighted by Crippen LogP contribution is 2.33. The summed E-state index contributed by atoms with van der Waals surface area (Å²) in [4.78, 5) is 0. The largest absolute Gasteiger partial charge is 0.419 e. The Bertz CT molecular complexity index is 589. The zero-order valence-corrected chi connectivity index (χ0v) is 9.95. The first-order valence-corrected chi connectivity index (χ1v) is 5.41. The molecule has 0 fully saturated rings. The standard InChI is InChI=1S/C12H11F4N3/c1-19-10(4-5-18-19)11(17)7-2-3-9(13)8(6-7)12(14,15)16/h2-6,11H,17H2,1H3. The van der Waals surface area contributed by atoms with Crippen LogP contribution < -0.4 is 5.73 Å². The van der Waals surface area contributed by atoms with Crippen molar-refractivity contribution in [3.8, 4) is 0 Å². The van der Waals surface area contributed by atoms with Crippen molar-refractivity contribution in [1.82, 2.24) is 9.78 Å². The minimum atomic E-state index is -4.74. The van der Waals surface area contributed by atoms with Crippen LogP contribution in [0.4, 0.5) is 17.6 Å². The van der Waals surface area contributed by atoms with E-state index in [9.17, 15) is 17.6 Å². The van der Waals surface area contributed by atoms with E-state index in [0.717, 1.165) is 12.1 Å². The fourth-order valence-corrected chi connectivity index (χ4v) is 1.81. The molecule has 19 heavy (non-hydrogen) atoms. The van der Waals surface area contributed by atoms with Crippen molar-refractivity contribution >= 4 is 0 Å². The zero-order chi connectivity index (χ0) is 14.2. The Morgan fingerprint density at radius 3 is 2.47 bits per heavy atom. The SMILES string of the molecule is Cn1nccc1C(N)c1ccc(F)c(C(F)(F)F)c1. The molecule has 1 unspecified atom stereocenters. The average Bonchev–Trinajstić information content (AvgIpc) is 2.73. The lowest BCUT2D eigenvalue weighted by molar-refractivity contribution is -0.140. The molecule has 0 amide bonds. The van der Waals surface area contributed by atoms with Crippen molar-refractivity contribution in [2.45, 2.75) is 12.2 Å². The first-order chi connectivity index (χ1) is 8.80. The Kier molecular flexibility index (Phi) is 3.32. The Morgan fingerprint density at radius 2 is 1.95 bits per heavy atom. The van der Waals surface area contributed by atoms with Crippen LogP contribution in [-0.2, 0) is 13.2 Å². The lowest BCUT2D eigenvalue weighted by Crippen LogP contribution is -2.17. The van der Waals surface area contributed by atoms with Gasteiger partial charge in [0.25, 0.3) is 0 Å². The molecule has 3 nitrogen and oxygen atoms in total. The molecule has 2 N–H and O–H groups in total. The Balaban J connectivity index is 2.44. The summed E-state index contributed by atoms with van der Waals surface area (Å²) in [6, 6.07) is 3.54. The maximum Gasteiger partial charge on any atom is 0.419 e. The van der Waals surface area contributed by atoms with E-state index < -0.39 is 23.6 Å². The maximum absolute atomic E-state index is 13.2. The van der Waals surface area contributed by atoms with Gasteiger partial charge < -0.3 is 5.73 Å². The maximum atomic E-state index is 13.2. The number of aromatic nitrogens is 2. The highest BCUT2D eigenvalue weighted by atomic mass is 19.4. The van der Waals surface area contributed by atoms with Crippen molar-refractivity contribution in [1.29, 1.82) is 0 Å². The van der Waals surface area contributed by atoms with Crippen LogP contribution in [0.15, 0.2) is 30.5 Å². The third-order valence-electron chi connectivity index (χ3n) is 2.83. The van der Waals surface area contributed by atoms with E-state index in [4.69, 9.17) is 5.73 Å². The number of aryl methyl sites for hydroxylation is 1. The first kappa shape index (κ1) is 13.5. The van der Waals surface area contributed by atoms with Crippen LogP contribution in [0.2, 0.25) is 0 Å². The Morgan fingerprint density at radius 1 is 1.26 bits per heavy atom. The molecule has 0 radical (unpaired) electrons. The predicted octanol–water partition coefficient (Wildman–Crippen LogP) is 2.63. The predicted molar refractivity (Wildman–Crippen MR) is 60.6 cm³/mol. The molecule has 2 rings (SSSR count). The number of rotatable bonds is 2. The summed E-state index contributed by atoms with van der Waals surface area (Å²) < 4.78 is 52.5. The number of hydrogen-bond donors (Lipinski definition) is 1. The van der Waals surface area contributed by atoms with Crippen LogP contribution >= 0.6 is 0 Å². The quantitative estimate of drug-likeness (QED) is 0.855. The number of nitrogens with two attached hydrogens (primary N) is 1. The van der Waals surface area contributed by atoms with E-state index in [1.165, 1.54) is 16.9 Å². The lowest BCUT2D eigenvalue weighted by atomic mass is 10.0. The van der Waals surface area contributed by atoms with E-state index in [1.807, 2.05) is 0 Å². The number of halogens is 4. The first-order valence-electron chi connectivity index (χ1n) is 5.41.